The summed E-state index contributed by atoms with van der Waals surface area (Å²) in [6.07, 6.45) is 0.625. The number of aliphatic hydroxyl groups is 2. The van der Waals surface area contributed by atoms with Gasteiger partial charge < -0.3 is 14.9 Å². The van der Waals surface area contributed by atoms with Gasteiger partial charge in [-0.1, -0.05) is 13.8 Å². The van der Waals surface area contributed by atoms with E-state index in [1.54, 1.807) is 0 Å². The molecule has 0 heterocycles. The molecule has 0 amide bonds. The summed E-state index contributed by atoms with van der Waals surface area (Å²) in [6.45, 7) is 51.3. The lowest BCUT2D eigenvalue weighted by Crippen LogP contribution is -2.06. The van der Waals surface area contributed by atoms with Crippen LogP contribution in [0.2, 0.25) is 0 Å². The molecule has 0 radical (unpaired) electrons. The summed E-state index contributed by atoms with van der Waals surface area (Å²) in [5.74, 6) is 0.377. The summed E-state index contributed by atoms with van der Waals surface area (Å²) in [7, 11) is -4.22. The fourth-order valence-corrected chi connectivity index (χ4v) is 0.900. The minimum atomic E-state index is -4.22. The number of aliphatic hydroxyl groups excluding tert-OH is 2. The molecule has 8 heteroatoms. The highest BCUT2D eigenvalue weighted by atomic mass is 32.3. The van der Waals surface area contributed by atoms with E-state index < -0.39 is 10.4 Å². The van der Waals surface area contributed by atoms with E-state index in [4.69, 9.17) is 19.5 Å². The molecule has 7 nitrogen and oxygen atoms in total. The second kappa shape index (κ2) is 112. The van der Waals surface area contributed by atoms with E-state index in [9.17, 15) is 8.42 Å². The highest BCUT2D eigenvalue weighted by Gasteiger charge is 2.03. The van der Waals surface area contributed by atoms with Crippen molar-refractivity contribution in [1.82, 2.24) is 0 Å². The molecule has 0 aliphatic heterocycles. The van der Waals surface area contributed by atoms with E-state index in [0.717, 1.165) is 13.2 Å². The van der Waals surface area contributed by atoms with Gasteiger partial charge in [0.05, 0.1) is 19.8 Å². The average molecular weight is 501 g/mol. The monoisotopic (exact) mass is 500 g/mol. The first-order valence-corrected chi connectivity index (χ1v) is 11.0. The Morgan fingerprint density at radius 1 is 0.667 bits per heavy atom. The molecule has 0 unspecified atom stereocenters. The first-order valence-electron chi connectivity index (χ1n) is 9.66. The Bertz CT molecular complexity index is 312. The summed E-state index contributed by atoms with van der Waals surface area (Å²) in [5, 5.41) is 15.2. The molecule has 0 aromatic carbocycles. The van der Waals surface area contributed by atoms with Crippen molar-refractivity contribution < 1.29 is 32.1 Å². The molecular formula is C25H56O7S. The molecule has 0 rings (SSSR count). The smallest absolute Gasteiger partial charge is 0.394 e. The maximum absolute atomic E-state index is 9.95. The average Bonchev–Trinajstić information content (AvgIpc) is 2.88. The van der Waals surface area contributed by atoms with Crippen molar-refractivity contribution in [2.45, 2.75) is 34.1 Å². The highest BCUT2D eigenvalue weighted by Crippen LogP contribution is 2.00. The summed E-state index contributed by atoms with van der Waals surface area (Å²) >= 11 is 0. The Balaban J connectivity index is -0.0000000248. The number of rotatable bonds is 7. The molecule has 0 bridgehead atoms. The minimum absolute atomic E-state index is 0.0521. The lowest BCUT2D eigenvalue weighted by molar-refractivity contribution is 0.162. The Morgan fingerprint density at radius 3 is 1.00 bits per heavy atom. The Kier molecular flexibility index (Phi) is 215. The third kappa shape index (κ3) is 371. The van der Waals surface area contributed by atoms with Crippen molar-refractivity contribution in [1.29, 1.82) is 0 Å². The molecule has 0 aliphatic rings. The third-order valence-corrected chi connectivity index (χ3v) is 1.90. The van der Waals surface area contributed by atoms with Crippen molar-refractivity contribution in [3.05, 3.63) is 92.1 Å². The van der Waals surface area contributed by atoms with Gasteiger partial charge in [-0.25, -0.2) is 4.18 Å². The molecule has 0 fully saturated rings. The van der Waals surface area contributed by atoms with E-state index in [-0.39, 0.29) is 19.8 Å². The van der Waals surface area contributed by atoms with Crippen LogP contribution in [0.4, 0.5) is 0 Å². The number of hydrogen-bond acceptors (Lipinski definition) is 6. The first-order chi connectivity index (χ1) is 15.7. The molecule has 3 N–H and O–H groups in total. The highest BCUT2D eigenvalue weighted by molar-refractivity contribution is 7.80. The van der Waals surface area contributed by atoms with Crippen molar-refractivity contribution in [2.75, 3.05) is 33.0 Å². The van der Waals surface area contributed by atoms with Crippen molar-refractivity contribution in [3.8, 4) is 0 Å². The van der Waals surface area contributed by atoms with Gasteiger partial charge in [-0.3, -0.25) is 4.55 Å². The SMILES string of the molecule is C=C.C=C.C=C.C=C.C=C.C=C.C=C.CC(C)CCOS(=O)(=O)O.CCOCC.OCCO. The van der Waals surface area contributed by atoms with E-state index >= 15 is 0 Å². The summed E-state index contributed by atoms with van der Waals surface area (Å²) in [4.78, 5) is 0. The van der Waals surface area contributed by atoms with Crippen LogP contribution >= 0.6 is 0 Å². The van der Waals surface area contributed by atoms with Crippen LogP contribution in [-0.4, -0.2) is 56.2 Å². The van der Waals surface area contributed by atoms with Gasteiger partial charge in [-0.2, -0.15) is 8.42 Å². The van der Waals surface area contributed by atoms with Crippen LogP contribution in [0.5, 0.6) is 0 Å². The zero-order valence-corrected chi connectivity index (χ0v) is 22.9. The van der Waals surface area contributed by atoms with Gasteiger partial charge in [0, 0.05) is 13.2 Å². The van der Waals surface area contributed by atoms with Crippen LogP contribution in [0.3, 0.4) is 0 Å². The van der Waals surface area contributed by atoms with E-state index in [1.807, 2.05) is 27.7 Å². The van der Waals surface area contributed by atoms with E-state index in [0.29, 0.717) is 12.3 Å². The lowest BCUT2D eigenvalue weighted by atomic mass is 10.2. The topological polar surface area (TPSA) is 113 Å². The zero-order chi connectivity index (χ0) is 29.7. The van der Waals surface area contributed by atoms with Gasteiger partial charge in [0.1, 0.15) is 0 Å². The summed E-state index contributed by atoms with van der Waals surface area (Å²) < 4.78 is 36.9. The quantitative estimate of drug-likeness (QED) is 0.271. The van der Waals surface area contributed by atoms with Crippen molar-refractivity contribution >= 4 is 10.4 Å². The molecule has 0 aliphatic carbocycles. The largest absolute Gasteiger partial charge is 0.397 e. The van der Waals surface area contributed by atoms with Gasteiger partial charge in [-0.15, -0.1) is 92.1 Å². The molecule has 0 atom stereocenters. The van der Waals surface area contributed by atoms with E-state index in [1.165, 1.54) is 0 Å². The normalized spacial score (nSPS) is 6.79. The van der Waals surface area contributed by atoms with Crippen LogP contribution in [0.15, 0.2) is 92.1 Å². The summed E-state index contributed by atoms with van der Waals surface area (Å²) in [6, 6.07) is 0. The second-order valence-corrected chi connectivity index (χ2v) is 4.75. The van der Waals surface area contributed by atoms with Gasteiger partial charge in [0.2, 0.25) is 0 Å². The van der Waals surface area contributed by atoms with E-state index in [2.05, 4.69) is 96.3 Å². The van der Waals surface area contributed by atoms with Gasteiger partial charge >= 0.3 is 10.4 Å². The Labute approximate surface area is 207 Å². The fraction of sp³-hybridized carbons (Fsp3) is 0.440. The maximum Gasteiger partial charge on any atom is 0.397 e. The number of hydrogen-bond donors (Lipinski definition) is 3. The molecule has 0 saturated heterocycles. The van der Waals surface area contributed by atoms with Gasteiger partial charge in [0.25, 0.3) is 0 Å². The summed E-state index contributed by atoms with van der Waals surface area (Å²) in [5.41, 5.74) is 0. The standard InChI is InChI=1S/C5H12O4S.C4H10O.C2H6O2.7C2H4/c1-5(2)3-4-9-10(6,7)8;1-3-5-4-2;3-1-2-4;7*1-2/h5H,3-4H2,1-2H3,(H,6,7,8);3-4H2,1-2H3;3-4H,1-2H2;7*1-2H2. The molecular weight excluding hydrogens is 444 g/mol. The predicted octanol–water partition coefficient (Wildman–Crippen LogP) is 6.48. The Morgan fingerprint density at radius 2 is 0.909 bits per heavy atom. The van der Waals surface area contributed by atoms with Crippen LogP contribution in [0, 0.1) is 5.92 Å². The van der Waals surface area contributed by atoms with Crippen LogP contribution in [0.1, 0.15) is 34.1 Å². The fourth-order valence-electron chi connectivity index (χ4n) is 0.593. The molecule has 33 heavy (non-hydrogen) atoms. The predicted molar refractivity (Wildman–Crippen MR) is 152 cm³/mol. The van der Waals surface area contributed by atoms with Crippen LogP contribution in [0.25, 0.3) is 0 Å². The third-order valence-electron chi connectivity index (χ3n) is 1.44. The zero-order valence-electron chi connectivity index (χ0n) is 22.1. The van der Waals surface area contributed by atoms with Gasteiger partial charge in [-0.05, 0) is 26.2 Å². The molecule has 0 spiro atoms. The first kappa shape index (κ1) is 63.2. The second-order valence-electron chi connectivity index (χ2n) is 3.66. The molecule has 0 aromatic rings. The van der Waals surface area contributed by atoms with Crippen molar-refractivity contribution in [2.24, 2.45) is 5.92 Å². The van der Waals surface area contributed by atoms with Crippen molar-refractivity contribution in [3.63, 3.8) is 0 Å². The van der Waals surface area contributed by atoms with Crippen LogP contribution < -0.4 is 0 Å². The maximum atomic E-state index is 9.95. The Hall–Kier alpha value is -2.07. The minimum Gasteiger partial charge on any atom is -0.394 e. The lowest BCUT2D eigenvalue weighted by Gasteiger charge is -2.01. The van der Waals surface area contributed by atoms with Gasteiger partial charge in [0.15, 0.2) is 0 Å². The molecule has 0 saturated carbocycles. The molecule has 0 aromatic heterocycles. The number of ether oxygens (including phenoxy) is 1. The van der Waals surface area contributed by atoms with Crippen LogP contribution in [-0.2, 0) is 19.3 Å². The molecule has 204 valence electrons.